The van der Waals surface area contributed by atoms with Gasteiger partial charge in [-0.2, -0.15) is 42.7 Å². The van der Waals surface area contributed by atoms with E-state index in [0.29, 0.717) is 36.3 Å². The molecule has 4 bridgehead atoms. The number of nitrogens with two attached hydrogens (primary N) is 1. The molecule has 9 aromatic rings. The number of sulfonamides is 2. The zero-order valence-electron chi connectivity index (χ0n) is 76.6. The lowest BCUT2D eigenvalue weighted by molar-refractivity contribution is 0.0503. The Balaban J connectivity index is 0.000000417. The standard InChI is InChI=1S/C22H32FN7O4S.C11H11ClFN5O2.C11H22N2O2S.C10H15N.C7H5Cl2FN2O2.C7H7FN2O4.C5H3FN2O4.C4H7N3.C2H6O.CH4.Cl3OP/c1-5-34-21(31)19-18(23)20(24-17-10-13(3)27-28-17)26-22(25-19)29(4)16-11-14-8-7-9-15(12-16)30(14)35(32,33)6-2;1-3-20-10(19)8-7(13)9(16-11(12)15-8)14-6-4-5(2)17-18-6;1-3-16(14,15)13-10-5-4-6-11(13)8-9(7-10)12-2;1-3-11(4-2)10-8-6-5-7-9-10;1-2-14-6(13)4-3(10)5(8)12-7(9)11-4;1-2-14-6(12)4-3(8)5(11)10-7(13)9-4;6-1-2(4(10)11)7-5(12)8-3(1)9;1-3-2-4(5)7-6-3;1-2-3;;1-5(2,3)4/h10,14-16H,5-9,11-12H2,1-4H3,(H2,24,25,26,27,28);4H,3H2,1-2H3,(H2,14,15,16,17,18);9-12H,3-8H2,1-2H3;5-9H,3-4H2,1-2H3;2H2,1H3;2H2,1H3,(H2,9,10,11,13);(H,10,11)(H2,7,8,9,12);2H,1H3,(H3,5,6,7);3H,2H2,1H3;1H4;/t14-,15+,16?;;9?,10-,11+;;;;;;;;. The molecule has 138 heavy (non-hydrogen) atoms. The lowest BCUT2D eigenvalue weighted by atomic mass is 9.83. The summed E-state index contributed by atoms with van der Waals surface area (Å²) >= 11 is 30.3. The second kappa shape index (κ2) is 58.9. The minimum absolute atomic E-state index is 0. The first-order chi connectivity index (χ1) is 64.4. The number of nitrogen functional groups attached to an aromatic ring is 1. The lowest BCUT2D eigenvalue weighted by Gasteiger charge is -2.49. The van der Waals surface area contributed by atoms with E-state index >= 15 is 4.39 Å². The van der Waals surface area contributed by atoms with Crippen LogP contribution >= 0.6 is 73.7 Å². The molecule has 4 aliphatic rings. The zero-order valence-corrected chi connectivity index (χ0v) is 83.6. The number of aliphatic hydroxyl groups excluding tert-OH is 1. The number of aromatic carboxylic acids is 1. The maximum Gasteiger partial charge on any atom is 0.360 e. The fourth-order valence-corrected chi connectivity index (χ4v) is 17.2. The summed E-state index contributed by atoms with van der Waals surface area (Å²) in [6, 6.07) is 16.3. The molecule has 12 heterocycles. The maximum atomic E-state index is 15.2. The van der Waals surface area contributed by atoms with Crippen molar-refractivity contribution < 1.29 is 96.5 Å². The predicted octanol–water partition coefficient (Wildman–Crippen LogP) is 12.6. The van der Waals surface area contributed by atoms with E-state index in [1.54, 1.807) is 94.9 Å². The topological polar surface area (TPSA) is 618 Å². The third-order valence-corrected chi connectivity index (χ3v) is 23.8. The van der Waals surface area contributed by atoms with E-state index in [0.717, 1.165) is 75.1 Å². The Bertz CT molecular complexity index is 5960. The van der Waals surface area contributed by atoms with Gasteiger partial charge >= 0.3 is 46.4 Å². The van der Waals surface area contributed by atoms with Gasteiger partial charge in [0.25, 0.3) is 11.1 Å². The average molecular weight is 2130 g/mol. The Morgan fingerprint density at radius 3 is 1.28 bits per heavy atom. The molecule has 0 aliphatic carbocycles. The molecule has 4 saturated heterocycles. The minimum atomic E-state index is -3.31. The van der Waals surface area contributed by atoms with Crippen LogP contribution in [-0.2, 0) is 43.6 Å². The molecular formula is C80H112Cl6F5N24O20PS2. The molecule has 4 fully saturated rings. The average Bonchev–Trinajstić information content (AvgIpc) is 0.824. The van der Waals surface area contributed by atoms with Gasteiger partial charge in [0.15, 0.2) is 74.3 Å². The van der Waals surface area contributed by atoms with Crippen molar-refractivity contribution in [3.63, 3.8) is 0 Å². The Kier molecular flexibility index (Phi) is 51.8. The molecule has 0 saturated carbocycles. The number of nitrogens with zero attached hydrogens (tertiary/aromatic N) is 13. The third-order valence-electron chi connectivity index (χ3n) is 19.3. The number of carbonyl (C=O) groups excluding carboxylic acids is 4. The molecule has 58 heteroatoms. The van der Waals surface area contributed by atoms with E-state index in [9.17, 15) is 82.1 Å². The Labute approximate surface area is 819 Å². The van der Waals surface area contributed by atoms with Crippen LogP contribution < -0.4 is 54.0 Å². The highest BCUT2D eigenvalue weighted by atomic mass is 36.0. The van der Waals surface area contributed by atoms with Crippen molar-refractivity contribution in [2.75, 3.05) is 97.9 Å². The van der Waals surface area contributed by atoms with Crippen LogP contribution in [0.25, 0.3) is 0 Å². The number of piperidine rings is 4. The number of halogens is 11. The number of hydrogen-bond acceptors (Lipinski definition) is 34. The second-order valence-electron chi connectivity index (χ2n) is 28.8. The van der Waals surface area contributed by atoms with Crippen LogP contribution in [-0.4, -0.2) is 254 Å². The van der Waals surface area contributed by atoms with Gasteiger partial charge in [-0.3, -0.25) is 49.4 Å². The van der Waals surface area contributed by atoms with E-state index in [2.05, 4.69) is 163 Å². The van der Waals surface area contributed by atoms with Gasteiger partial charge < -0.3 is 60.6 Å². The van der Waals surface area contributed by atoms with Gasteiger partial charge in [0.1, 0.15) is 5.82 Å². The summed E-state index contributed by atoms with van der Waals surface area (Å²) in [5.41, 5.74) is 1.12. The molecule has 6 atom stereocenters. The molecule has 0 amide bonds. The van der Waals surface area contributed by atoms with Crippen molar-refractivity contribution in [3.8, 4) is 0 Å². The lowest BCUT2D eigenvalue weighted by Crippen LogP contribution is -2.58. The number of rotatable bonds is 23. The van der Waals surface area contributed by atoms with Crippen LogP contribution in [0, 0.1) is 49.9 Å². The van der Waals surface area contributed by atoms with Gasteiger partial charge in [0.05, 0.1) is 37.9 Å². The number of carbonyl (C=O) groups is 5. The summed E-state index contributed by atoms with van der Waals surface area (Å²) < 4.78 is 149. The van der Waals surface area contributed by atoms with Crippen molar-refractivity contribution in [2.45, 2.75) is 191 Å². The number of esters is 4. The molecule has 4 aliphatic heterocycles. The third kappa shape index (κ3) is 38.4. The summed E-state index contributed by atoms with van der Waals surface area (Å²) in [6.07, 6.45) is 8.99. The summed E-state index contributed by atoms with van der Waals surface area (Å²) in [4.78, 5) is 132. The highest BCUT2D eigenvalue weighted by molar-refractivity contribution is 8.24. The Morgan fingerprint density at radius 1 is 0.543 bits per heavy atom. The molecule has 0 radical (unpaired) electrons. The highest BCUT2D eigenvalue weighted by Gasteiger charge is 2.46. The number of aliphatic hydroxyl groups is 1. The Morgan fingerprint density at radius 2 is 0.913 bits per heavy atom. The van der Waals surface area contributed by atoms with Crippen LogP contribution in [0.4, 0.5) is 62.7 Å². The van der Waals surface area contributed by atoms with Gasteiger partial charge in [-0.15, -0.1) is 0 Å². The number of aromatic amines is 7. The number of H-pyrrole nitrogens is 7. The van der Waals surface area contributed by atoms with Crippen LogP contribution in [0.5, 0.6) is 0 Å². The number of nitrogens with one attached hydrogen (secondary N) is 10. The van der Waals surface area contributed by atoms with Gasteiger partial charge in [0.2, 0.25) is 48.2 Å². The number of carboxylic acids is 1. The predicted molar refractivity (Wildman–Crippen MR) is 512 cm³/mol. The summed E-state index contributed by atoms with van der Waals surface area (Å²) in [5.74, 6) is -10.0. The number of ether oxygens (including phenoxy) is 4. The molecule has 766 valence electrons. The number of fused-ring (bicyclic) bond motifs is 4. The Hall–Kier alpha value is -10.8. The number of aromatic nitrogens is 16. The minimum Gasteiger partial charge on any atom is -0.476 e. The first-order valence-electron chi connectivity index (χ1n) is 42.0. The first-order valence-corrected chi connectivity index (χ1v) is 50.8. The molecule has 2 unspecified atom stereocenters. The molecule has 8 aromatic heterocycles. The highest BCUT2D eigenvalue weighted by Crippen LogP contribution is 2.61. The fourth-order valence-electron chi connectivity index (χ4n) is 13.5. The fraction of sp³-hybridized carbons (Fsp3) is 0.500. The molecule has 14 N–H and O–H groups in total. The number of aryl methyl sites for hydroxylation is 3. The van der Waals surface area contributed by atoms with Crippen molar-refractivity contribution in [3.05, 3.63) is 181 Å². The normalized spacial score (nSPS) is 16.1. The summed E-state index contributed by atoms with van der Waals surface area (Å²) in [5, 5.41) is 40.0. The molecule has 44 nitrogen and oxygen atoms in total. The molecule has 13 rings (SSSR count). The molecular weight excluding hydrogens is 2020 g/mol. The van der Waals surface area contributed by atoms with Crippen molar-refractivity contribution >= 4 is 164 Å². The quantitative estimate of drug-likeness (QED) is 0.00706. The van der Waals surface area contributed by atoms with Gasteiger partial charge in [-0.05, 0) is 211 Å². The van der Waals surface area contributed by atoms with Gasteiger partial charge in [0, 0.05) is 104 Å². The summed E-state index contributed by atoms with van der Waals surface area (Å²) in [7, 11) is -2.55. The van der Waals surface area contributed by atoms with Crippen molar-refractivity contribution in [1.82, 2.24) is 94.4 Å². The smallest absolute Gasteiger partial charge is 0.360 e. The number of benzene rings is 1. The van der Waals surface area contributed by atoms with Crippen LogP contribution in [0.3, 0.4) is 0 Å². The maximum absolute atomic E-state index is 15.2. The van der Waals surface area contributed by atoms with Gasteiger partial charge in [-0.1, -0.05) is 50.1 Å². The largest absolute Gasteiger partial charge is 0.476 e. The SMILES string of the molecule is C.CCN(CC)c1ccccc1.CCO.CCOC(=O)c1[nH]c(=O)[nH]c(=O)c1F.CCOC(=O)c1nc(Cl)nc(Cl)c1F.CCOC(=O)c1nc(Cl)nc(Nc2cc(C)[nH]n2)c1F.CCOC(=O)c1nc(N(C)C2C[C@H]3CCC[C@@H](C2)N3S(=O)(=O)CC)nc(Nc2cc(C)[nH]n2)c1F.CCS(=O)(=O)N1[C@@H]2CCC[C@H]1CC(NC)C2.Cc1cc(N)n[nH]1.O=C(O)c1[nH]c(=O)[nH]c(=O)c1F.O=P(Cl)(Cl)Cl. The van der Waals surface area contributed by atoms with Crippen LogP contribution in [0.15, 0.2) is 67.7 Å². The number of carboxylic acid groups (broad SMARTS) is 1. The zero-order chi connectivity index (χ0) is 103. The molecule has 1 aromatic carbocycles. The van der Waals surface area contributed by atoms with Crippen LogP contribution in [0.1, 0.15) is 203 Å². The van der Waals surface area contributed by atoms with Gasteiger partial charge in [-0.25, -0.2) is 83.5 Å². The van der Waals surface area contributed by atoms with E-state index < -0.39 is 140 Å². The number of anilines is 7. The van der Waals surface area contributed by atoms with E-state index in [-0.39, 0.29) is 110 Å². The number of hydrogen-bond donors (Lipinski definition) is 13. The van der Waals surface area contributed by atoms with Crippen molar-refractivity contribution in [1.29, 1.82) is 0 Å². The van der Waals surface area contributed by atoms with Crippen molar-refractivity contribution in [2.24, 2.45) is 0 Å². The van der Waals surface area contributed by atoms with Crippen LogP contribution in [0.2, 0.25) is 15.7 Å². The second-order valence-corrected chi connectivity index (χ2v) is 40.8. The number of para-hydroxylation sites is 1. The first kappa shape index (κ1) is 121. The monoisotopic (exact) mass is 2130 g/mol. The van der Waals surface area contributed by atoms with E-state index in [4.69, 9.17) is 60.2 Å². The van der Waals surface area contributed by atoms with E-state index in [1.807, 2.05) is 34.2 Å². The summed E-state index contributed by atoms with van der Waals surface area (Å²) in [6.45, 7) is 24.0. The molecule has 0 spiro atoms. The van der Waals surface area contributed by atoms with E-state index in [1.165, 1.54) is 24.0 Å².